The zero-order valence-corrected chi connectivity index (χ0v) is 11.1. The van der Waals surface area contributed by atoms with E-state index in [0.29, 0.717) is 12.8 Å². The first-order valence-corrected chi connectivity index (χ1v) is 6.27. The molecule has 3 heteroatoms. The number of aliphatic hydroxyl groups is 1. The largest absolute Gasteiger partial charge is 0.382 e. The minimum Gasteiger partial charge on any atom is -0.382 e. The van der Waals surface area contributed by atoms with Gasteiger partial charge in [-0.15, -0.1) is 0 Å². The van der Waals surface area contributed by atoms with Crippen LogP contribution in [-0.2, 0) is 9.53 Å². The summed E-state index contributed by atoms with van der Waals surface area (Å²) in [6.07, 6.45) is 4.06. The Morgan fingerprint density at radius 3 is 2.44 bits per heavy atom. The van der Waals surface area contributed by atoms with E-state index in [1.165, 1.54) is 0 Å². The van der Waals surface area contributed by atoms with Crippen LogP contribution in [0.3, 0.4) is 0 Å². The lowest BCUT2D eigenvalue weighted by molar-refractivity contribution is -0.136. The van der Waals surface area contributed by atoms with E-state index in [-0.39, 0.29) is 11.9 Å². The van der Waals surface area contributed by atoms with E-state index in [2.05, 4.69) is 0 Å². The van der Waals surface area contributed by atoms with Gasteiger partial charge >= 0.3 is 0 Å². The maximum absolute atomic E-state index is 11.6. The van der Waals surface area contributed by atoms with Crippen LogP contribution in [0.25, 0.3) is 0 Å². The van der Waals surface area contributed by atoms with Crippen molar-refractivity contribution in [1.29, 1.82) is 0 Å². The molecule has 0 aromatic rings. The summed E-state index contributed by atoms with van der Waals surface area (Å²) < 4.78 is 5.40. The number of hydrogen-bond acceptors (Lipinski definition) is 3. The van der Waals surface area contributed by atoms with Crippen LogP contribution < -0.4 is 0 Å². The zero-order valence-electron chi connectivity index (χ0n) is 11.1. The second-order valence-corrected chi connectivity index (χ2v) is 4.78. The number of rotatable bonds is 9. The molecular weight excluding hydrogens is 204 g/mol. The Morgan fingerprint density at radius 2 is 1.94 bits per heavy atom. The predicted octanol–water partition coefficient (Wildman–Crippen LogP) is 2.70. The van der Waals surface area contributed by atoms with E-state index in [9.17, 15) is 9.90 Å². The van der Waals surface area contributed by atoms with Crippen LogP contribution in [0.1, 0.15) is 59.8 Å². The Labute approximate surface area is 99.2 Å². The average Bonchev–Trinajstić information content (AvgIpc) is 2.22. The molecule has 96 valence electrons. The summed E-state index contributed by atoms with van der Waals surface area (Å²) in [5.41, 5.74) is -1.13. The molecule has 16 heavy (non-hydrogen) atoms. The van der Waals surface area contributed by atoms with Crippen molar-refractivity contribution in [3.8, 4) is 0 Å². The third-order valence-corrected chi connectivity index (χ3v) is 2.79. The topological polar surface area (TPSA) is 46.5 Å². The fraction of sp³-hybridized carbons (Fsp3) is 0.923. The van der Waals surface area contributed by atoms with E-state index >= 15 is 0 Å². The van der Waals surface area contributed by atoms with Gasteiger partial charge in [0.15, 0.2) is 5.78 Å². The molecule has 0 amide bonds. The van der Waals surface area contributed by atoms with Gasteiger partial charge in [0.25, 0.3) is 0 Å². The van der Waals surface area contributed by atoms with Crippen LogP contribution >= 0.6 is 0 Å². The number of Topliss-reactive ketones (excluding diaryl/α,β-unsaturated/α-hetero) is 1. The van der Waals surface area contributed by atoms with Crippen LogP contribution in [0, 0.1) is 0 Å². The van der Waals surface area contributed by atoms with Gasteiger partial charge in [0, 0.05) is 13.0 Å². The maximum atomic E-state index is 11.6. The molecule has 0 heterocycles. The van der Waals surface area contributed by atoms with Gasteiger partial charge in [0.1, 0.15) is 5.60 Å². The maximum Gasteiger partial charge on any atom is 0.164 e. The molecule has 0 spiro atoms. The number of ether oxygens (including phenoxy) is 1. The highest BCUT2D eigenvalue weighted by Crippen LogP contribution is 2.14. The van der Waals surface area contributed by atoms with Crippen LogP contribution in [-0.4, -0.2) is 29.2 Å². The Hall–Kier alpha value is -0.410. The number of unbranched alkanes of at least 4 members (excludes halogenated alkanes) is 2. The van der Waals surface area contributed by atoms with Crippen molar-refractivity contribution in [1.82, 2.24) is 0 Å². The lowest BCUT2D eigenvalue weighted by atomic mass is 9.94. The fourth-order valence-electron chi connectivity index (χ4n) is 1.35. The first kappa shape index (κ1) is 15.6. The Morgan fingerprint density at radius 1 is 1.31 bits per heavy atom. The van der Waals surface area contributed by atoms with Crippen LogP contribution in [0.15, 0.2) is 0 Å². The summed E-state index contributed by atoms with van der Waals surface area (Å²) in [5.74, 6) is -0.0419. The molecule has 0 saturated heterocycles. The standard InChI is InChI=1S/C13H26O3/c1-5-13(4,15)12(14)9-7-6-8-10-16-11(2)3/h11,15H,5-10H2,1-4H3. The summed E-state index contributed by atoms with van der Waals surface area (Å²) in [6, 6.07) is 0. The molecule has 0 aliphatic carbocycles. The third-order valence-electron chi connectivity index (χ3n) is 2.79. The quantitative estimate of drug-likeness (QED) is 0.619. The number of carbonyl (C=O) groups is 1. The Balaban J connectivity index is 3.49. The van der Waals surface area contributed by atoms with Crippen LogP contribution in [0.4, 0.5) is 0 Å². The molecule has 0 aromatic carbocycles. The minimum atomic E-state index is -1.13. The molecule has 0 bridgehead atoms. The number of carbonyl (C=O) groups excluding carboxylic acids is 1. The van der Waals surface area contributed by atoms with E-state index in [4.69, 9.17) is 4.74 Å². The highest BCUT2D eigenvalue weighted by molar-refractivity contribution is 5.86. The van der Waals surface area contributed by atoms with Crippen molar-refractivity contribution < 1.29 is 14.6 Å². The first-order valence-electron chi connectivity index (χ1n) is 6.27. The molecule has 0 aliphatic heterocycles. The van der Waals surface area contributed by atoms with Crippen molar-refractivity contribution in [3.63, 3.8) is 0 Å². The lowest BCUT2D eigenvalue weighted by Crippen LogP contribution is -2.33. The molecule has 0 saturated carbocycles. The van der Waals surface area contributed by atoms with Gasteiger partial charge in [-0.3, -0.25) is 4.79 Å². The SMILES string of the molecule is CCC(C)(O)C(=O)CCCCCOC(C)C. The minimum absolute atomic E-state index is 0.0419. The van der Waals surface area contributed by atoms with E-state index < -0.39 is 5.60 Å². The fourth-order valence-corrected chi connectivity index (χ4v) is 1.35. The number of ketones is 1. The monoisotopic (exact) mass is 230 g/mol. The van der Waals surface area contributed by atoms with Crippen LogP contribution in [0.5, 0.6) is 0 Å². The molecular formula is C13H26O3. The molecule has 0 aromatic heterocycles. The Kier molecular flexibility index (Phi) is 7.60. The van der Waals surface area contributed by atoms with Crippen molar-refractivity contribution in [2.75, 3.05) is 6.61 Å². The normalized spacial score (nSPS) is 15.1. The summed E-state index contributed by atoms with van der Waals surface area (Å²) >= 11 is 0. The summed E-state index contributed by atoms with van der Waals surface area (Å²) in [7, 11) is 0. The molecule has 1 N–H and O–H groups in total. The third kappa shape index (κ3) is 6.96. The highest BCUT2D eigenvalue weighted by Gasteiger charge is 2.26. The number of hydrogen-bond donors (Lipinski definition) is 1. The van der Waals surface area contributed by atoms with E-state index in [1.54, 1.807) is 6.92 Å². The second kappa shape index (κ2) is 7.80. The lowest BCUT2D eigenvalue weighted by Gasteiger charge is -2.19. The summed E-state index contributed by atoms with van der Waals surface area (Å²) in [5, 5.41) is 9.69. The van der Waals surface area contributed by atoms with Crippen molar-refractivity contribution in [2.45, 2.75) is 71.5 Å². The smallest absolute Gasteiger partial charge is 0.164 e. The van der Waals surface area contributed by atoms with Crippen molar-refractivity contribution in [3.05, 3.63) is 0 Å². The molecule has 3 nitrogen and oxygen atoms in total. The highest BCUT2D eigenvalue weighted by atomic mass is 16.5. The van der Waals surface area contributed by atoms with Gasteiger partial charge in [0.05, 0.1) is 6.10 Å². The molecule has 0 fully saturated rings. The van der Waals surface area contributed by atoms with Crippen LogP contribution in [0.2, 0.25) is 0 Å². The van der Waals surface area contributed by atoms with Gasteiger partial charge in [-0.25, -0.2) is 0 Å². The first-order chi connectivity index (χ1) is 7.40. The molecule has 0 radical (unpaired) electrons. The summed E-state index contributed by atoms with van der Waals surface area (Å²) in [6.45, 7) is 8.21. The van der Waals surface area contributed by atoms with E-state index in [1.807, 2.05) is 20.8 Å². The molecule has 0 aliphatic rings. The van der Waals surface area contributed by atoms with Gasteiger partial charge in [-0.1, -0.05) is 13.3 Å². The molecule has 1 atom stereocenters. The molecule has 0 rings (SSSR count). The second-order valence-electron chi connectivity index (χ2n) is 4.78. The zero-order chi connectivity index (χ0) is 12.6. The Bertz CT molecular complexity index is 197. The van der Waals surface area contributed by atoms with Crippen molar-refractivity contribution in [2.24, 2.45) is 0 Å². The summed E-state index contributed by atoms with van der Waals surface area (Å²) in [4.78, 5) is 11.6. The van der Waals surface area contributed by atoms with E-state index in [0.717, 1.165) is 25.9 Å². The molecule has 1 unspecified atom stereocenters. The van der Waals surface area contributed by atoms with Gasteiger partial charge < -0.3 is 9.84 Å². The van der Waals surface area contributed by atoms with Gasteiger partial charge in [-0.05, 0) is 40.0 Å². The van der Waals surface area contributed by atoms with Gasteiger partial charge in [0.2, 0.25) is 0 Å². The predicted molar refractivity (Wildman–Crippen MR) is 65.5 cm³/mol. The average molecular weight is 230 g/mol. The van der Waals surface area contributed by atoms with Crippen molar-refractivity contribution >= 4 is 5.78 Å². The van der Waals surface area contributed by atoms with Gasteiger partial charge in [-0.2, -0.15) is 0 Å².